The smallest absolute Gasteiger partial charge is 0.122 e. The van der Waals surface area contributed by atoms with Crippen LogP contribution in [0.5, 0.6) is 5.75 Å². The summed E-state index contributed by atoms with van der Waals surface area (Å²) in [7, 11) is 1.71. The number of aryl methyl sites for hydroxylation is 2. The summed E-state index contributed by atoms with van der Waals surface area (Å²) in [6.45, 7) is 5.82. The molecule has 1 rings (SSSR count). The van der Waals surface area contributed by atoms with E-state index in [1.165, 1.54) is 11.1 Å². The van der Waals surface area contributed by atoms with Crippen LogP contribution < -0.4 is 4.74 Å². The summed E-state index contributed by atoms with van der Waals surface area (Å²) in [4.78, 5) is 0. The van der Waals surface area contributed by atoms with Gasteiger partial charge in [-0.1, -0.05) is 24.1 Å². The quantitative estimate of drug-likeness (QED) is 0.766. The molecule has 1 aromatic carbocycles. The molecule has 0 aliphatic heterocycles. The van der Waals surface area contributed by atoms with Gasteiger partial charge in [-0.05, 0) is 51.7 Å². The van der Waals surface area contributed by atoms with Crippen LogP contribution in [-0.4, -0.2) is 17.8 Å². The van der Waals surface area contributed by atoms with E-state index in [-0.39, 0.29) is 0 Å². The Labute approximate surface area is 105 Å². The highest BCUT2D eigenvalue weighted by Crippen LogP contribution is 2.22. The van der Waals surface area contributed by atoms with E-state index in [9.17, 15) is 5.11 Å². The minimum absolute atomic E-state index is 0.545. The van der Waals surface area contributed by atoms with Gasteiger partial charge < -0.3 is 9.84 Å². The molecule has 96 valence electrons. The van der Waals surface area contributed by atoms with Crippen molar-refractivity contribution in [3.05, 3.63) is 29.3 Å². The molecule has 0 bridgehead atoms. The molecule has 0 spiro atoms. The molecule has 0 fully saturated rings. The van der Waals surface area contributed by atoms with E-state index in [1.54, 1.807) is 7.11 Å². The summed E-state index contributed by atoms with van der Waals surface area (Å²) < 4.78 is 5.35. The van der Waals surface area contributed by atoms with Crippen LogP contribution in [0.1, 0.15) is 44.2 Å². The highest BCUT2D eigenvalue weighted by Gasteiger charge is 2.11. The Bertz CT molecular complexity index is 350. The summed E-state index contributed by atoms with van der Waals surface area (Å²) in [5, 5.41) is 9.64. The molecule has 0 aliphatic carbocycles. The number of benzene rings is 1. The molecule has 0 atom stereocenters. The Morgan fingerprint density at radius 1 is 1.24 bits per heavy atom. The van der Waals surface area contributed by atoms with E-state index >= 15 is 0 Å². The predicted octanol–water partition coefficient (Wildman–Crippen LogP) is 3.49. The second kappa shape index (κ2) is 6.06. The first-order valence-corrected chi connectivity index (χ1v) is 6.28. The van der Waals surface area contributed by atoms with Crippen molar-refractivity contribution in [1.29, 1.82) is 0 Å². The molecule has 0 amide bonds. The van der Waals surface area contributed by atoms with Crippen LogP contribution in [0.25, 0.3) is 0 Å². The Morgan fingerprint density at radius 3 is 2.53 bits per heavy atom. The van der Waals surface area contributed by atoms with Crippen molar-refractivity contribution >= 4 is 0 Å². The van der Waals surface area contributed by atoms with Gasteiger partial charge in [0.25, 0.3) is 0 Å². The van der Waals surface area contributed by atoms with Crippen molar-refractivity contribution in [3.63, 3.8) is 0 Å². The Morgan fingerprint density at radius 2 is 1.94 bits per heavy atom. The van der Waals surface area contributed by atoms with Crippen LogP contribution in [0.3, 0.4) is 0 Å². The highest BCUT2D eigenvalue weighted by atomic mass is 16.5. The summed E-state index contributed by atoms with van der Waals surface area (Å²) in [5.74, 6) is 0.971. The number of aliphatic hydroxyl groups is 1. The topological polar surface area (TPSA) is 29.5 Å². The standard InChI is InChI=1S/C15H24O2/c1-12-8-9-14(17-4)13(11-12)7-5-6-10-15(2,3)16/h8-9,11,16H,5-7,10H2,1-4H3. The number of unbranched alkanes of at least 4 members (excludes halogenated alkanes) is 1. The Balaban J connectivity index is 2.48. The van der Waals surface area contributed by atoms with Gasteiger partial charge in [-0.2, -0.15) is 0 Å². The van der Waals surface area contributed by atoms with Crippen molar-refractivity contribution in [3.8, 4) is 5.75 Å². The first-order chi connectivity index (χ1) is 7.92. The van der Waals surface area contributed by atoms with Gasteiger partial charge in [-0.15, -0.1) is 0 Å². The van der Waals surface area contributed by atoms with E-state index < -0.39 is 5.60 Å². The zero-order chi connectivity index (χ0) is 12.9. The number of ether oxygens (including phenoxy) is 1. The minimum Gasteiger partial charge on any atom is -0.496 e. The number of hydrogen-bond acceptors (Lipinski definition) is 2. The average molecular weight is 236 g/mol. The Hall–Kier alpha value is -1.02. The van der Waals surface area contributed by atoms with Gasteiger partial charge in [0.1, 0.15) is 5.75 Å². The second-order valence-corrected chi connectivity index (χ2v) is 5.33. The molecule has 17 heavy (non-hydrogen) atoms. The van der Waals surface area contributed by atoms with Crippen molar-refractivity contribution < 1.29 is 9.84 Å². The molecular weight excluding hydrogens is 212 g/mol. The van der Waals surface area contributed by atoms with Crippen LogP contribution in [-0.2, 0) is 6.42 Å². The molecule has 0 aliphatic rings. The van der Waals surface area contributed by atoms with E-state index in [0.29, 0.717) is 0 Å². The molecule has 2 heteroatoms. The zero-order valence-corrected chi connectivity index (χ0v) is 11.4. The molecule has 0 saturated carbocycles. The fourth-order valence-corrected chi connectivity index (χ4v) is 1.98. The molecule has 2 nitrogen and oxygen atoms in total. The van der Waals surface area contributed by atoms with Crippen molar-refractivity contribution in [1.82, 2.24) is 0 Å². The lowest BCUT2D eigenvalue weighted by Gasteiger charge is -2.16. The van der Waals surface area contributed by atoms with Gasteiger partial charge in [-0.3, -0.25) is 0 Å². The normalized spacial score (nSPS) is 11.6. The lowest BCUT2D eigenvalue weighted by atomic mass is 9.98. The monoisotopic (exact) mass is 236 g/mol. The number of hydrogen-bond donors (Lipinski definition) is 1. The number of rotatable bonds is 6. The third-order valence-electron chi connectivity index (χ3n) is 2.92. The predicted molar refractivity (Wildman–Crippen MR) is 71.6 cm³/mol. The van der Waals surface area contributed by atoms with Crippen LogP contribution in [0, 0.1) is 6.92 Å². The molecule has 1 N–H and O–H groups in total. The number of methoxy groups -OCH3 is 1. The van der Waals surface area contributed by atoms with Gasteiger partial charge in [0.05, 0.1) is 12.7 Å². The molecule has 0 radical (unpaired) electrons. The van der Waals surface area contributed by atoms with E-state index in [2.05, 4.69) is 19.1 Å². The molecular formula is C15H24O2. The first-order valence-electron chi connectivity index (χ1n) is 6.28. The van der Waals surface area contributed by atoms with E-state index in [4.69, 9.17) is 4.74 Å². The largest absolute Gasteiger partial charge is 0.496 e. The molecule has 0 aromatic heterocycles. The lowest BCUT2D eigenvalue weighted by molar-refractivity contribution is 0.0682. The van der Waals surface area contributed by atoms with Gasteiger partial charge in [0, 0.05) is 0 Å². The fraction of sp³-hybridized carbons (Fsp3) is 0.600. The maximum absolute atomic E-state index is 9.64. The molecule has 0 heterocycles. The second-order valence-electron chi connectivity index (χ2n) is 5.33. The first kappa shape index (κ1) is 14.0. The maximum Gasteiger partial charge on any atom is 0.122 e. The average Bonchev–Trinajstić information content (AvgIpc) is 2.23. The van der Waals surface area contributed by atoms with E-state index in [1.807, 2.05) is 19.9 Å². The zero-order valence-electron chi connectivity index (χ0n) is 11.4. The third-order valence-corrected chi connectivity index (χ3v) is 2.92. The highest BCUT2D eigenvalue weighted by molar-refractivity contribution is 5.36. The fourth-order valence-electron chi connectivity index (χ4n) is 1.98. The summed E-state index contributed by atoms with van der Waals surface area (Å²) in [6, 6.07) is 6.28. The van der Waals surface area contributed by atoms with Gasteiger partial charge in [-0.25, -0.2) is 0 Å². The minimum atomic E-state index is -0.545. The maximum atomic E-state index is 9.64. The Kier molecular flexibility index (Phi) is 5.01. The van der Waals surface area contributed by atoms with Gasteiger partial charge in [0.2, 0.25) is 0 Å². The SMILES string of the molecule is COc1ccc(C)cc1CCCCC(C)(C)O. The molecule has 0 unspecified atom stereocenters. The van der Waals surface area contributed by atoms with Crippen LogP contribution in [0.15, 0.2) is 18.2 Å². The van der Waals surface area contributed by atoms with Crippen LogP contribution >= 0.6 is 0 Å². The van der Waals surface area contributed by atoms with Crippen molar-refractivity contribution in [2.24, 2.45) is 0 Å². The van der Waals surface area contributed by atoms with Crippen molar-refractivity contribution in [2.75, 3.05) is 7.11 Å². The molecule has 1 aromatic rings. The van der Waals surface area contributed by atoms with E-state index in [0.717, 1.165) is 31.4 Å². The van der Waals surface area contributed by atoms with Crippen LogP contribution in [0.2, 0.25) is 0 Å². The van der Waals surface area contributed by atoms with Crippen molar-refractivity contribution in [2.45, 2.75) is 52.1 Å². The summed E-state index contributed by atoms with van der Waals surface area (Å²) in [5.41, 5.74) is 1.99. The summed E-state index contributed by atoms with van der Waals surface area (Å²) in [6.07, 6.45) is 3.99. The summed E-state index contributed by atoms with van der Waals surface area (Å²) >= 11 is 0. The third kappa shape index (κ3) is 5.22. The lowest BCUT2D eigenvalue weighted by Crippen LogP contribution is -2.17. The van der Waals surface area contributed by atoms with Crippen LogP contribution in [0.4, 0.5) is 0 Å². The van der Waals surface area contributed by atoms with Gasteiger partial charge >= 0.3 is 0 Å². The van der Waals surface area contributed by atoms with Gasteiger partial charge in [0.15, 0.2) is 0 Å². The molecule has 0 saturated heterocycles.